The number of nitrogens with one attached hydrogen (secondary N) is 2. The molecular weight excluding hydrogens is 540 g/mol. The zero-order chi connectivity index (χ0) is 29.2. The lowest BCUT2D eigenvalue weighted by Crippen LogP contribution is -2.50. The number of hydrogen-bond acceptors (Lipinski definition) is 5. The molecule has 1 atom stereocenters. The van der Waals surface area contributed by atoms with Crippen molar-refractivity contribution in [2.75, 3.05) is 36.4 Å². The van der Waals surface area contributed by atoms with Crippen LogP contribution in [0.1, 0.15) is 49.3 Å². The number of carbonyl (C=O) groups excluding carboxylic acids is 2. The van der Waals surface area contributed by atoms with Gasteiger partial charge in [-0.25, -0.2) is 18.6 Å². The van der Waals surface area contributed by atoms with E-state index in [9.17, 15) is 9.59 Å². The first-order chi connectivity index (χ1) is 18.8. The third-order valence-electron chi connectivity index (χ3n) is 6.58. The van der Waals surface area contributed by atoms with Crippen LogP contribution in [0.2, 0.25) is 5.02 Å². The van der Waals surface area contributed by atoms with E-state index in [1.165, 1.54) is 6.20 Å². The number of amides is 2. The second kappa shape index (κ2) is 11.2. The van der Waals surface area contributed by atoms with Crippen LogP contribution >= 0.6 is 11.6 Å². The van der Waals surface area contributed by atoms with Crippen LogP contribution in [-0.2, 0) is 10.2 Å². The first-order valence-electron chi connectivity index (χ1n) is 12.6. The molecule has 0 aliphatic carbocycles. The topological polar surface area (TPSA) is 90.6 Å². The quantitative estimate of drug-likeness (QED) is 0.391. The Morgan fingerprint density at radius 2 is 1.68 bits per heavy atom. The molecule has 1 unspecified atom stereocenters. The van der Waals surface area contributed by atoms with Crippen molar-refractivity contribution in [3.05, 3.63) is 76.1 Å². The molecule has 0 bridgehead atoms. The molecule has 1 aromatic heterocycles. The number of carbonyl (C=O) groups is 2. The number of aromatic nitrogens is 2. The van der Waals surface area contributed by atoms with Crippen molar-refractivity contribution in [1.29, 1.82) is 0 Å². The number of rotatable bonds is 5. The van der Waals surface area contributed by atoms with E-state index < -0.39 is 40.2 Å². The van der Waals surface area contributed by atoms with Crippen molar-refractivity contribution < 1.29 is 23.1 Å². The molecule has 11 heteroatoms. The summed E-state index contributed by atoms with van der Waals surface area (Å²) in [4.78, 5) is 35.6. The third kappa shape index (κ3) is 6.20. The number of aromatic amines is 1. The molecule has 0 spiro atoms. The lowest BCUT2D eigenvalue weighted by atomic mass is 9.81. The van der Waals surface area contributed by atoms with Crippen LogP contribution in [-0.4, -0.2) is 58.6 Å². The Hall–Kier alpha value is -4.10. The lowest BCUT2D eigenvalue weighted by Gasteiger charge is -2.36. The van der Waals surface area contributed by atoms with Crippen molar-refractivity contribution >= 4 is 35.2 Å². The van der Waals surface area contributed by atoms with Gasteiger partial charge in [-0.1, -0.05) is 29.7 Å². The number of imidazole rings is 1. The van der Waals surface area contributed by atoms with Gasteiger partial charge in [0.15, 0.2) is 0 Å². The zero-order valence-corrected chi connectivity index (χ0v) is 23.4. The predicted molar refractivity (Wildman–Crippen MR) is 150 cm³/mol. The van der Waals surface area contributed by atoms with Crippen LogP contribution in [0.4, 0.5) is 25.2 Å². The number of benzene rings is 2. The van der Waals surface area contributed by atoms with Crippen LogP contribution in [0.5, 0.6) is 0 Å². The molecule has 1 fully saturated rings. The Morgan fingerprint density at radius 3 is 2.23 bits per heavy atom. The Balaban J connectivity index is 1.45. The van der Waals surface area contributed by atoms with Gasteiger partial charge in [0.05, 0.1) is 11.1 Å². The SMILES string of the molecule is C#CC(C)(c1ccc(Cl)cc1)c1c[nH]c(NC(=O)c2c(F)cc(N3CCN(C(=O)OC(C)(C)C)CC3)cc2F)n1. The van der Waals surface area contributed by atoms with Crippen LogP contribution in [0.15, 0.2) is 42.6 Å². The molecule has 4 rings (SSSR count). The number of terminal acetylenes is 1. The summed E-state index contributed by atoms with van der Waals surface area (Å²) in [6.07, 6.45) is 6.91. The second-order valence-electron chi connectivity index (χ2n) is 10.6. The van der Waals surface area contributed by atoms with Gasteiger partial charge in [-0.15, -0.1) is 6.42 Å². The second-order valence-corrected chi connectivity index (χ2v) is 11.0. The molecule has 2 heterocycles. The molecule has 2 aromatic carbocycles. The van der Waals surface area contributed by atoms with Gasteiger partial charge in [-0.3, -0.25) is 10.1 Å². The summed E-state index contributed by atoms with van der Waals surface area (Å²) in [5.74, 6) is -0.363. The highest BCUT2D eigenvalue weighted by molar-refractivity contribution is 6.30. The average molecular weight is 570 g/mol. The predicted octanol–water partition coefficient (Wildman–Crippen LogP) is 5.59. The van der Waals surface area contributed by atoms with E-state index >= 15 is 8.78 Å². The maximum Gasteiger partial charge on any atom is 0.410 e. The first-order valence-corrected chi connectivity index (χ1v) is 13.0. The van der Waals surface area contributed by atoms with E-state index in [4.69, 9.17) is 22.8 Å². The van der Waals surface area contributed by atoms with Crippen molar-refractivity contribution in [3.63, 3.8) is 0 Å². The highest BCUT2D eigenvalue weighted by atomic mass is 35.5. The molecular formula is C29H30ClF2N5O3. The number of ether oxygens (including phenoxy) is 1. The Labute approximate surface area is 236 Å². The Kier molecular flexibility index (Phi) is 8.08. The van der Waals surface area contributed by atoms with E-state index in [-0.39, 0.29) is 11.6 Å². The fourth-order valence-corrected chi connectivity index (χ4v) is 4.46. The highest BCUT2D eigenvalue weighted by Gasteiger charge is 2.31. The summed E-state index contributed by atoms with van der Waals surface area (Å²) in [7, 11) is 0. The Bertz CT molecular complexity index is 1430. The fraction of sp³-hybridized carbons (Fsp3) is 0.345. The van der Waals surface area contributed by atoms with Crippen LogP contribution in [0, 0.1) is 24.0 Å². The summed E-state index contributed by atoms with van der Waals surface area (Å²) >= 11 is 5.98. The van der Waals surface area contributed by atoms with E-state index in [2.05, 4.69) is 21.2 Å². The van der Waals surface area contributed by atoms with E-state index in [0.717, 1.165) is 17.7 Å². The minimum atomic E-state index is -1.02. The monoisotopic (exact) mass is 569 g/mol. The Morgan fingerprint density at radius 1 is 1.07 bits per heavy atom. The van der Waals surface area contributed by atoms with Gasteiger partial charge in [0.2, 0.25) is 5.95 Å². The van der Waals surface area contributed by atoms with Gasteiger partial charge in [-0.05, 0) is 57.5 Å². The molecule has 0 saturated carbocycles. The smallest absolute Gasteiger partial charge is 0.410 e. The maximum atomic E-state index is 15.0. The number of hydrogen-bond donors (Lipinski definition) is 2. The van der Waals surface area contributed by atoms with Crippen molar-refractivity contribution in [2.24, 2.45) is 0 Å². The number of nitrogens with zero attached hydrogens (tertiary/aromatic N) is 3. The van der Waals surface area contributed by atoms with Gasteiger partial charge >= 0.3 is 6.09 Å². The number of piperazine rings is 1. The van der Waals surface area contributed by atoms with Crippen molar-refractivity contribution in [3.8, 4) is 12.3 Å². The van der Waals surface area contributed by atoms with E-state index in [1.807, 2.05) is 0 Å². The van der Waals surface area contributed by atoms with E-state index in [0.29, 0.717) is 36.9 Å². The van der Waals surface area contributed by atoms with Crippen molar-refractivity contribution in [2.45, 2.75) is 38.7 Å². The first kappa shape index (κ1) is 28.9. The average Bonchev–Trinajstić information content (AvgIpc) is 3.36. The van der Waals surface area contributed by atoms with Gasteiger partial charge in [0.1, 0.15) is 22.8 Å². The lowest BCUT2D eigenvalue weighted by molar-refractivity contribution is 0.0240. The van der Waals surface area contributed by atoms with Gasteiger partial charge < -0.3 is 19.5 Å². The fourth-order valence-electron chi connectivity index (χ4n) is 4.33. The van der Waals surface area contributed by atoms with E-state index in [1.54, 1.807) is 61.8 Å². The van der Waals surface area contributed by atoms with Gasteiger partial charge in [0, 0.05) is 43.1 Å². The van der Waals surface area contributed by atoms with Gasteiger partial charge in [0.25, 0.3) is 5.91 Å². The highest BCUT2D eigenvalue weighted by Crippen LogP contribution is 2.32. The summed E-state index contributed by atoms with van der Waals surface area (Å²) in [5, 5.41) is 2.96. The third-order valence-corrected chi connectivity index (χ3v) is 6.83. The molecule has 2 amide bonds. The van der Waals surface area contributed by atoms with Crippen molar-refractivity contribution in [1.82, 2.24) is 14.9 Å². The molecule has 40 heavy (non-hydrogen) atoms. The van der Waals surface area contributed by atoms with Crippen LogP contribution in [0.25, 0.3) is 0 Å². The largest absolute Gasteiger partial charge is 0.444 e. The number of halogens is 3. The minimum absolute atomic E-state index is 0.0171. The summed E-state index contributed by atoms with van der Waals surface area (Å²) in [5.41, 5.74) is -0.866. The normalized spacial score (nSPS) is 15.2. The minimum Gasteiger partial charge on any atom is -0.444 e. The molecule has 210 valence electrons. The number of H-pyrrole nitrogens is 1. The van der Waals surface area contributed by atoms with Crippen LogP contribution in [0.3, 0.4) is 0 Å². The van der Waals surface area contributed by atoms with Crippen LogP contribution < -0.4 is 10.2 Å². The molecule has 1 aliphatic heterocycles. The molecule has 2 N–H and O–H groups in total. The zero-order valence-electron chi connectivity index (χ0n) is 22.6. The summed E-state index contributed by atoms with van der Waals surface area (Å²) in [6, 6.07) is 9.17. The molecule has 3 aromatic rings. The maximum absolute atomic E-state index is 15.0. The summed E-state index contributed by atoms with van der Waals surface area (Å²) < 4.78 is 35.4. The summed E-state index contributed by atoms with van der Waals surface area (Å²) in [6.45, 7) is 8.48. The molecule has 0 radical (unpaired) electrons. The standard InChI is InChI=1S/C29H30ClF2N5O3/c1-6-29(5,18-7-9-19(30)10-8-18)23-17-33-26(34-23)35-25(38)24-21(31)15-20(16-22(24)32)36-11-13-37(14-12-36)27(39)40-28(2,3)4/h1,7-10,15-17H,11-14H2,2-5H3,(H2,33,34,35,38). The molecule has 8 nitrogen and oxygen atoms in total. The molecule has 1 aliphatic rings. The molecule has 1 saturated heterocycles. The van der Waals surface area contributed by atoms with Gasteiger partial charge in [-0.2, -0.15) is 0 Å². The number of anilines is 2.